The first-order valence-electron chi connectivity index (χ1n) is 15.3. The van der Waals surface area contributed by atoms with Crippen molar-refractivity contribution >= 4 is 47.4 Å². The Labute approximate surface area is 277 Å². The molecule has 0 saturated carbocycles. The summed E-state index contributed by atoms with van der Waals surface area (Å²) in [7, 11) is 0. The second-order valence-electron chi connectivity index (χ2n) is 12.3. The SMILES string of the molecule is C=CCCC(=O)CC(=O)OC(C)(C)C.C=[N+]1C=C(NC(C)C)C(=O)C(CC(=O)NCc2ccc(C(=N)N)cc2)=C1c1cccc(N)c1. The Morgan fingerprint density at radius 3 is 2.32 bits per heavy atom. The summed E-state index contributed by atoms with van der Waals surface area (Å²) in [5.74, 6) is -1.11. The molecule has 0 saturated heterocycles. The van der Waals surface area contributed by atoms with Gasteiger partial charge in [-0.2, -0.15) is 4.58 Å². The van der Waals surface area contributed by atoms with E-state index in [-0.39, 0.29) is 48.7 Å². The molecule has 250 valence electrons. The third-order valence-corrected chi connectivity index (χ3v) is 6.46. The molecule has 11 nitrogen and oxygen atoms in total. The first-order chi connectivity index (χ1) is 22.0. The topological polar surface area (TPSA) is 180 Å². The van der Waals surface area contributed by atoms with Gasteiger partial charge in [-0.25, -0.2) is 0 Å². The van der Waals surface area contributed by atoms with E-state index in [0.29, 0.717) is 46.6 Å². The van der Waals surface area contributed by atoms with Crippen molar-refractivity contribution in [3.05, 3.63) is 95.3 Å². The molecule has 0 aliphatic carbocycles. The summed E-state index contributed by atoms with van der Waals surface area (Å²) in [5, 5.41) is 13.4. The molecule has 1 aliphatic rings. The second kappa shape index (κ2) is 17.4. The van der Waals surface area contributed by atoms with E-state index in [2.05, 4.69) is 23.9 Å². The molecule has 3 rings (SSSR count). The van der Waals surface area contributed by atoms with Gasteiger partial charge in [0.1, 0.15) is 36.1 Å². The zero-order valence-corrected chi connectivity index (χ0v) is 27.9. The number of anilines is 1. The fraction of sp³-hybridized carbons (Fsp3) is 0.333. The standard InChI is InChI=1S/C25H28N6O2.C11H18O3/c1-15(2)30-21-14-31(3)23(18-5-4-6-19(26)11-18)20(24(21)33)12-22(32)29-13-16-7-9-17(10-8-16)25(27)28;1-5-6-7-9(12)8-10(13)14-11(2,3)4/h4-11,14-15,30H,3,12-13,26H2,1-2H3,(H3-,27,28,29,32);5H,1,6-8H2,2-4H3/p+1. The van der Waals surface area contributed by atoms with E-state index in [0.717, 1.165) is 5.56 Å². The Balaban J connectivity index is 0.000000463. The van der Waals surface area contributed by atoms with Gasteiger partial charge >= 0.3 is 5.97 Å². The highest BCUT2D eigenvalue weighted by Gasteiger charge is 2.34. The number of rotatable bonds is 13. The van der Waals surface area contributed by atoms with E-state index < -0.39 is 11.6 Å². The summed E-state index contributed by atoms with van der Waals surface area (Å²) in [6.07, 6.45) is 4.03. The van der Waals surface area contributed by atoms with Crippen molar-refractivity contribution in [2.45, 2.75) is 78.5 Å². The molecule has 0 aromatic heterocycles. The molecule has 0 spiro atoms. The van der Waals surface area contributed by atoms with Gasteiger partial charge in [-0.3, -0.25) is 24.6 Å². The van der Waals surface area contributed by atoms with Gasteiger partial charge in [0.05, 0.1) is 12.0 Å². The monoisotopic (exact) mass is 643 g/mol. The van der Waals surface area contributed by atoms with Crippen LogP contribution in [-0.2, 0) is 30.5 Å². The number of esters is 1. The first-order valence-corrected chi connectivity index (χ1v) is 15.3. The van der Waals surface area contributed by atoms with Gasteiger partial charge in [-0.05, 0) is 64.8 Å². The highest BCUT2D eigenvalue weighted by atomic mass is 16.6. The van der Waals surface area contributed by atoms with Crippen LogP contribution in [0.2, 0.25) is 0 Å². The van der Waals surface area contributed by atoms with Crippen LogP contribution in [0.4, 0.5) is 5.69 Å². The number of nitrogens with two attached hydrogens (primary N) is 2. The summed E-state index contributed by atoms with van der Waals surface area (Å²) in [6, 6.07) is 14.2. The molecule has 0 unspecified atom stereocenters. The minimum absolute atomic E-state index is 0.0148. The smallest absolute Gasteiger partial charge is 0.313 e. The van der Waals surface area contributed by atoms with E-state index in [9.17, 15) is 19.2 Å². The molecule has 1 aliphatic heterocycles. The molecule has 0 atom stereocenters. The highest BCUT2D eigenvalue weighted by Crippen LogP contribution is 2.29. The first kappa shape index (κ1) is 37.9. The van der Waals surface area contributed by atoms with Crippen LogP contribution in [0.15, 0.2) is 78.7 Å². The van der Waals surface area contributed by atoms with Crippen molar-refractivity contribution in [2.75, 3.05) is 5.73 Å². The van der Waals surface area contributed by atoms with E-state index in [1.54, 1.807) is 80.1 Å². The fourth-order valence-electron chi connectivity index (χ4n) is 4.44. The van der Waals surface area contributed by atoms with Crippen LogP contribution in [0, 0.1) is 5.41 Å². The normalized spacial score (nSPS) is 12.9. The largest absolute Gasteiger partial charge is 0.460 e. The number of amidine groups is 1. The average Bonchev–Trinajstić information content (AvgIpc) is 2.96. The lowest BCUT2D eigenvalue weighted by Crippen LogP contribution is -2.34. The van der Waals surface area contributed by atoms with Gasteiger partial charge in [0.2, 0.25) is 23.6 Å². The Morgan fingerprint density at radius 2 is 1.77 bits per heavy atom. The number of hydrogen-bond acceptors (Lipinski definition) is 8. The number of ether oxygens (including phenoxy) is 1. The van der Waals surface area contributed by atoms with Crippen molar-refractivity contribution in [1.82, 2.24) is 10.6 Å². The zero-order chi connectivity index (χ0) is 35.3. The predicted molar refractivity (Wildman–Crippen MR) is 185 cm³/mol. The van der Waals surface area contributed by atoms with E-state index in [1.807, 2.05) is 19.9 Å². The summed E-state index contributed by atoms with van der Waals surface area (Å²) in [4.78, 5) is 48.4. The molecule has 7 N–H and O–H groups in total. The number of ketones is 2. The van der Waals surface area contributed by atoms with Crippen LogP contribution >= 0.6 is 0 Å². The summed E-state index contributed by atoms with van der Waals surface area (Å²) < 4.78 is 6.60. The number of carbonyl (C=O) groups is 4. The number of nitrogens with zero attached hydrogens (tertiary/aromatic N) is 1. The van der Waals surface area contributed by atoms with Crippen molar-refractivity contribution in [1.29, 1.82) is 5.41 Å². The number of allylic oxidation sites excluding steroid dienone is 2. The molecule has 2 aromatic rings. The highest BCUT2D eigenvalue weighted by molar-refractivity contribution is 6.15. The Hall–Kier alpha value is -5.32. The number of amides is 1. The van der Waals surface area contributed by atoms with Crippen molar-refractivity contribution in [3.8, 4) is 0 Å². The van der Waals surface area contributed by atoms with E-state index >= 15 is 0 Å². The lowest BCUT2D eigenvalue weighted by atomic mass is 9.94. The Morgan fingerprint density at radius 1 is 1.11 bits per heavy atom. The molecule has 2 aromatic carbocycles. The third kappa shape index (κ3) is 12.9. The molecule has 1 heterocycles. The summed E-state index contributed by atoms with van der Waals surface area (Å²) in [6.45, 7) is 17.0. The maximum atomic E-state index is 13.3. The van der Waals surface area contributed by atoms with Gasteiger partial charge in [-0.15, -0.1) is 6.58 Å². The number of carbonyl (C=O) groups excluding carboxylic acids is 4. The molecule has 0 radical (unpaired) electrons. The maximum absolute atomic E-state index is 13.3. The van der Waals surface area contributed by atoms with Crippen molar-refractivity contribution < 1.29 is 28.5 Å². The zero-order valence-electron chi connectivity index (χ0n) is 27.9. The quantitative estimate of drug-likeness (QED) is 0.0406. The van der Waals surface area contributed by atoms with Crippen LogP contribution < -0.4 is 22.1 Å². The molecule has 0 bridgehead atoms. The van der Waals surface area contributed by atoms with Gasteiger partial charge in [0.15, 0.2) is 0 Å². The summed E-state index contributed by atoms with van der Waals surface area (Å²) >= 11 is 0. The van der Waals surface area contributed by atoms with Gasteiger partial charge in [-0.1, -0.05) is 36.4 Å². The second-order valence-corrected chi connectivity index (χ2v) is 12.3. The molecular formula is C36H47N6O5+. The molecule has 0 fully saturated rings. The van der Waals surface area contributed by atoms with Gasteiger partial charge in [0.25, 0.3) is 0 Å². The minimum atomic E-state index is -0.518. The number of nitrogens with one attached hydrogen (secondary N) is 3. The third-order valence-electron chi connectivity index (χ3n) is 6.46. The minimum Gasteiger partial charge on any atom is -0.460 e. The van der Waals surface area contributed by atoms with Crippen molar-refractivity contribution in [2.24, 2.45) is 5.73 Å². The fourth-order valence-corrected chi connectivity index (χ4v) is 4.44. The van der Waals surface area contributed by atoms with E-state index in [4.69, 9.17) is 21.6 Å². The summed E-state index contributed by atoms with van der Waals surface area (Å²) in [5.41, 5.74) is 14.9. The van der Waals surface area contributed by atoms with Crippen LogP contribution in [0.5, 0.6) is 0 Å². The molecular weight excluding hydrogens is 596 g/mol. The maximum Gasteiger partial charge on any atom is 0.313 e. The van der Waals surface area contributed by atoms with Gasteiger partial charge < -0.3 is 26.8 Å². The molecule has 11 heteroatoms. The number of nitrogen functional groups attached to an aromatic ring is 2. The van der Waals surface area contributed by atoms with Crippen LogP contribution in [-0.4, -0.2) is 52.2 Å². The van der Waals surface area contributed by atoms with Crippen LogP contribution in [0.1, 0.15) is 77.0 Å². The number of Topliss-reactive ketones (excluding diaryl/α,β-unsaturated/α-hetero) is 2. The van der Waals surface area contributed by atoms with Crippen LogP contribution in [0.3, 0.4) is 0 Å². The van der Waals surface area contributed by atoms with E-state index in [1.165, 1.54) is 0 Å². The predicted octanol–water partition coefficient (Wildman–Crippen LogP) is 4.36. The van der Waals surface area contributed by atoms with Crippen molar-refractivity contribution in [3.63, 3.8) is 0 Å². The van der Waals surface area contributed by atoms with Crippen LogP contribution in [0.25, 0.3) is 5.70 Å². The average molecular weight is 644 g/mol. The number of hydrogen-bond donors (Lipinski definition) is 5. The Bertz CT molecular complexity index is 1580. The molecule has 1 amide bonds. The lowest BCUT2D eigenvalue weighted by Gasteiger charge is -2.19. The number of benzene rings is 2. The molecule has 47 heavy (non-hydrogen) atoms. The Kier molecular flexibility index (Phi) is 14.0. The van der Waals surface area contributed by atoms with Gasteiger partial charge in [0, 0.05) is 35.8 Å². The lowest BCUT2D eigenvalue weighted by molar-refractivity contribution is -0.343.